The van der Waals surface area contributed by atoms with E-state index in [2.05, 4.69) is 0 Å². The van der Waals surface area contributed by atoms with Gasteiger partial charge in [-0.05, 0) is 24.6 Å². The maximum atomic E-state index is 13.2. The summed E-state index contributed by atoms with van der Waals surface area (Å²) in [6.45, 7) is 1.89. The van der Waals surface area contributed by atoms with Crippen molar-refractivity contribution in [3.63, 3.8) is 0 Å². The van der Waals surface area contributed by atoms with Crippen molar-refractivity contribution in [2.75, 3.05) is 0 Å². The molecule has 0 aliphatic heterocycles. The molecule has 0 unspecified atom stereocenters. The summed E-state index contributed by atoms with van der Waals surface area (Å²) in [5.74, 6) is -1.31. The van der Waals surface area contributed by atoms with Crippen LogP contribution in [0, 0.1) is 11.2 Å². The molecule has 0 saturated heterocycles. The SMILES string of the molecule is CCc1cn(-c2ccc(F)c(C(F)(F)F)c2)c(=N)s1. The fourth-order valence-electron chi connectivity index (χ4n) is 1.64. The van der Waals surface area contributed by atoms with Crippen molar-refractivity contribution < 1.29 is 17.6 Å². The van der Waals surface area contributed by atoms with Gasteiger partial charge in [0.1, 0.15) is 5.82 Å². The van der Waals surface area contributed by atoms with Gasteiger partial charge in [0.25, 0.3) is 0 Å². The van der Waals surface area contributed by atoms with E-state index >= 15 is 0 Å². The summed E-state index contributed by atoms with van der Waals surface area (Å²) in [6, 6.07) is 2.72. The number of hydrogen-bond donors (Lipinski definition) is 1. The predicted molar refractivity (Wildman–Crippen MR) is 63.8 cm³/mol. The third-order valence-electron chi connectivity index (χ3n) is 2.60. The number of halogens is 4. The molecule has 0 atom stereocenters. The number of hydrogen-bond acceptors (Lipinski definition) is 2. The minimum absolute atomic E-state index is 0.108. The smallest absolute Gasteiger partial charge is 0.293 e. The number of nitrogens with zero attached hydrogens (tertiary/aromatic N) is 1. The zero-order valence-electron chi connectivity index (χ0n) is 9.88. The van der Waals surface area contributed by atoms with Crippen LogP contribution in [0.3, 0.4) is 0 Å². The van der Waals surface area contributed by atoms with Crippen molar-refractivity contribution in [3.8, 4) is 5.69 Å². The summed E-state index contributed by atoms with van der Waals surface area (Å²) >= 11 is 1.18. The molecule has 0 amide bonds. The van der Waals surface area contributed by atoms with Crippen molar-refractivity contribution in [3.05, 3.63) is 45.5 Å². The highest BCUT2D eigenvalue weighted by molar-refractivity contribution is 7.09. The van der Waals surface area contributed by atoms with Crippen molar-refractivity contribution >= 4 is 11.3 Å². The summed E-state index contributed by atoms with van der Waals surface area (Å²) < 4.78 is 52.4. The van der Waals surface area contributed by atoms with E-state index in [0.29, 0.717) is 6.42 Å². The topological polar surface area (TPSA) is 28.8 Å². The van der Waals surface area contributed by atoms with Crippen LogP contribution in [-0.2, 0) is 12.6 Å². The molecular formula is C12H10F4N2S. The molecule has 0 radical (unpaired) electrons. The lowest BCUT2D eigenvalue weighted by Crippen LogP contribution is -2.13. The Kier molecular flexibility index (Phi) is 3.49. The highest BCUT2D eigenvalue weighted by Crippen LogP contribution is 2.32. The quantitative estimate of drug-likeness (QED) is 0.816. The van der Waals surface area contributed by atoms with Crippen LogP contribution in [-0.4, -0.2) is 4.57 Å². The number of nitrogens with one attached hydrogen (secondary N) is 1. The van der Waals surface area contributed by atoms with E-state index in [1.165, 1.54) is 22.0 Å². The molecule has 19 heavy (non-hydrogen) atoms. The second-order valence-electron chi connectivity index (χ2n) is 3.89. The minimum atomic E-state index is -4.74. The van der Waals surface area contributed by atoms with Crippen LogP contribution in [0.25, 0.3) is 5.69 Å². The molecule has 2 nitrogen and oxygen atoms in total. The molecule has 102 valence electrons. The summed E-state index contributed by atoms with van der Waals surface area (Å²) in [7, 11) is 0. The van der Waals surface area contributed by atoms with Crippen LogP contribution in [0.15, 0.2) is 24.4 Å². The second-order valence-corrected chi connectivity index (χ2v) is 5.00. The molecule has 0 bridgehead atoms. The minimum Gasteiger partial charge on any atom is -0.293 e. The first-order valence-corrected chi connectivity index (χ1v) is 6.27. The van der Waals surface area contributed by atoms with Gasteiger partial charge in [-0.3, -0.25) is 9.98 Å². The Morgan fingerprint density at radius 1 is 1.32 bits per heavy atom. The molecule has 2 rings (SSSR count). The molecule has 0 spiro atoms. The average Bonchev–Trinajstić information content (AvgIpc) is 2.70. The highest BCUT2D eigenvalue weighted by Gasteiger charge is 2.34. The normalized spacial score (nSPS) is 11.8. The van der Waals surface area contributed by atoms with Crippen LogP contribution < -0.4 is 4.80 Å². The summed E-state index contributed by atoms with van der Waals surface area (Å²) in [6.07, 6.45) is -2.45. The van der Waals surface area contributed by atoms with Gasteiger partial charge in [0.15, 0.2) is 4.80 Å². The van der Waals surface area contributed by atoms with Crippen LogP contribution in [0.4, 0.5) is 17.6 Å². The number of benzene rings is 1. The molecular weight excluding hydrogens is 280 g/mol. The maximum absolute atomic E-state index is 13.2. The number of aromatic nitrogens is 1. The first-order chi connectivity index (χ1) is 8.82. The van der Waals surface area contributed by atoms with E-state index in [1.807, 2.05) is 6.92 Å². The second kappa shape index (κ2) is 4.80. The third-order valence-corrected chi connectivity index (χ3v) is 3.65. The van der Waals surface area contributed by atoms with Gasteiger partial charge in [0, 0.05) is 16.8 Å². The molecule has 0 fully saturated rings. The Labute approximate surface area is 110 Å². The Morgan fingerprint density at radius 3 is 2.53 bits per heavy atom. The predicted octanol–water partition coefficient (Wildman–Crippen LogP) is 3.74. The van der Waals surface area contributed by atoms with Crippen LogP contribution in [0.1, 0.15) is 17.4 Å². The molecule has 1 aromatic heterocycles. The van der Waals surface area contributed by atoms with E-state index < -0.39 is 17.6 Å². The van der Waals surface area contributed by atoms with E-state index in [1.54, 1.807) is 6.20 Å². The van der Waals surface area contributed by atoms with Gasteiger partial charge >= 0.3 is 6.18 Å². The number of aryl methyl sites for hydroxylation is 1. The first-order valence-electron chi connectivity index (χ1n) is 5.46. The van der Waals surface area contributed by atoms with Crippen molar-refractivity contribution in [2.45, 2.75) is 19.5 Å². The average molecular weight is 290 g/mol. The lowest BCUT2D eigenvalue weighted by molar-refractivity contribution is -0.140. The fourth-order valence-corrected chi connectivity index (χ4v) is 2.45. The van der Waals surface area contributed by atoms with E-state index in [0.717, 1.165) is 17.0 Å². The molecule has 1 aromatic carbocycles. The number of thiazole rings is 1. The molecule has 0 aliphatic carbocycles. The molecule has 0 aliphatic rings. The first kappa shape index (κ1) is 13.8. The Balaban J connectivity index is 2.58. The molecule has 1 N–H and O–H groups in total. The van der Waals surface area contributed by atoms with Crippen LogP contribution in [0.2, 0.25) is 0 Å². The maximum Gasteiger partial charge on any atom is 0.419 e. The van der Waals surface area contributed by atoms with Gasteiger partial charge in [-0.2, -0.15) is 13.2 Å². The van der Waals surface area contributed by atoms with E-state index in [-0.39, 0.29) is 10.5 Å². The van der Waals surface area contributed by atoms with Gasteiger partial charge in [0.2, 0.25) is 0 Å². The van der Waals surface area contributed by atoms with Crippen LogP contribution >= 0.6 is 11.3 Å². The zero-order valence-corrected chi connectivity index (χ0v) is 10.7. The van der Waals surface area contributed by atoms with Gasteiger partial charge in [-0.15, -0.1) is 11.3 Å². The van der Waals surface area contributed by atoms with Gasteiger partial charge in [0.05, 0.1) is 5.56 Å². The Bertz CT molecular complexity index is 654. The fraction of sp³-hybridized carbons (Fsp3) is 0.250. The van der Waals surface area contributed by atoms with Gasteiger partial charge < -0.3 is 0 Å². The summed E-state index contributed by atoms with van der Waals surface area (Å²) in [5.41, 5.74) is -1.18. The largest absolute Gasteiger partial charge is 0.419 e. The van der Waals surface area contributed by atoms with Gasteiger partial charge in [-0.25, -0.2) is 4.39 Å². The molecule has 7 heteroatoms. The Morgan fingerprint density at radius 2 is 2.00 bits per heavy atom. The monoisotopic (exact) mass is 290 g/mol. The van der Waals surface area contributed by atoms with Crippen LogP contribution in [0.5, 0.6) is 0 Å². The van der Waals surface area contributed by atoms with Crippen molar-refractivity contribution in [1.29, 1.82) is 5.41 Å². The number of rotatable bonds is 2. The summed E-state index contributed by atoms with van der Waals surface area (Å²) in [5, 5.41) is 7.72. The lowest BCUT2D eigenvalue weighted by Gasteiger charge is -2.10. The summed E-state index contributed by atoms with van der Waals surface area (Å²) in [4.78, 5) is 0.986. The molecule has 0 saturated carbocycles. The van der Waals surface area contributed by atoms with Crippen molar-refractivity contribution in [1.82, 2.24) is 4.57 Å². The lowest BCUT2D eigenvalue weighted by atomic mass is 10.2. The van der Waals surface area contributed by atoms with E-state index in [4.69, 9.17) is 5.41 Å². The van der Waals surface area contributed by atoms with Gasteiger partial charge in [-0.1, -0.05) is 6.92 Å². The molecule has 2 aromatic rings. The number of alkyl halides is 3. The Hall–Kier alpha value is -1.63. The highest BCUT2D eigenvalue weighted by atomic mass is 32.1. The standard InChI is InChI=1S/C12H10F4N2S/c1-2-8-6-18(11(17)19-8)7-3-4-10(13)9(5-7)12(14,15)16/h3-6,17H,2H2,1H3. The van der Waals surface area contributed by atoms with Crippen molar-refractivity contribution in [2.24, 2.45) is 0 Å². The van der Waals surface area contributed by atoms with E-state index in [9.17, 15) is 17.6 Å². The third kappa shape index (κ3) is 2.70. The zero-order chi connectivity index (χ0) is 14.2. The molecule has 1 heterocycles.